The number of nitrogens with zero attached hydrogens (tertiary/aromatic N) is 2. The third-order valence-electron chi connectivity index (χ3n) is 6.40. The van der Waals surface area contributed by atoms with Crippen molar-refractivity contribution in [2.45, 2.75) is 40.2 Å². The molecule has 4 rings (SSSR count). The van der Waals surface area contributed by atoms with E-state index in [2.05, 4.69) is 41.9 Å². The van der Waals surface area contributed by atoms with E-state index < -0.39 is 5.97 Å². The molecule has 4 aromatic rings. The molecule has 0 radical (unpaired) electrons. The minimum absolute atomic E-state index is 0.00569. The van der Waals surface area contributed by atoms with Crippen LogP contribution in [-0.4, -0.2) is 22.0 Å². The molecule has 36 heavy (non-hydrogen) atoms. The second-order valence-electron chi connectivity index (χ2n) is 8.75. The summed E-state index contributed by atoms with van der Waals surface area (Å²) in [4.78, 5) is 30.5. The first-order valence-electron chi connectivity index (χ1n) is 12.2. The van der Waals surface area contributed by atoms with Gasteiger partial charge in [0.1, 0.15) is 0 Å². The molecule has 0 fully saturated rings. The Morgan fingerprint density at radius 3 is 2.22 bits per heavy atom. The molecule has 0 saturated heterocycles. The largest absolute Gasteiger partial charge is 0.365 e. The highest BCUT2D eigenvalue weighted by molar-refractivity contribution is 6.16. The second kappa shape index (κ2) is 10.6. The van der Waals surface area contributed by atoms with Crippen LogP contribution in [0.15, 0.2) is 90.6 Å². The van der Waals surface area contributed by atoms with Gasteiger partial charge in [-0.25, -0.2) is 4.79 Å². The van der Waals surface area contributed by atoms with Crippen molar-refractivity contribution < 1.29 is 14.4 Å². The number of carbonyl (C=O) groups excluding carboxylic acids is 2. The molecule has 0 aliphatic heterocycles. The molecule has 0 amide bonds. The first-order chi connectivity index (χ1) is 17.4. The zero-order valence-electron chi connectivity index (χ0n) is 21.0. The average Bonchev–Trinajstić information content (AvgIpc) is 3.22. The normalized spacial score (nSPS) is 11.6. The number of aromatic nitrogens is 1. The summed E-state index contributed by atoms with van der Waals surface area (Å²) in [6.07, 6.45) is 2.82. The molecule has 0 unspecified atom stereocenters. The van der Waals surface area contributed by atoms with Crippen LogP contribution in [-0.2, 0) is 16.2 Å². The van der Waals surface area contributed by atoms with Gasteiger partial charge >= 0.3 is 5.97 Å². The van der Waals surface area contributed by atoms with Crippen LogP contribution in [0.25, 0.3) is 21.8 Å². The van der Waals surface area contributed by atoms with Gasteiger partial charge in [0, 0.05) is 45.0 Å². The summed E-state index contributed by atoms with van der Waals surface area (Å²) in [5, 5.41) is 6.18. The minimum Gasteiger partial charge on any atom is -0.341 e. The Bertz CT molecular complexity index is 1540. The number of ketones is 1. The van der Waals surface area contributed by atoms with Gasteiger partial charge in [-0.3, -0.25) is 4.79 Å². The zero-order valence-corrected chi connectivity index (χ0v) is 21.0. The maximum Gasteiger partial charge on any atom is 0.365 e. The van der Waals surface area contributed by atoms with Gasteiger partial charge in [-0.05, 0) is 56.2 Å². The van der Waals surface area contributed by atoms with Crippen LogP contribution in [0.4, 0.5) is 0 Å². The highest BCUT2D eigenvalue weighted by Crippen LogP contribution is 2.32. The molecular weight excluding hydrogens is 448 g/mol. The highest BCUT2D eigenvalue weighted by atomic mass is 16.7. The molecule has 0 atom stereocenters. The number of benzene rings is 3. The fourth-order valence-electron chi connectivity index (χ4n) is 4.47. The molecule has 5 heteroatoms. The number of fused-ring (bicyclic) bond motifs is 3. The van der Waals surface area contributed by atoms with Gasteiger partial charge in [0.25, 0.3) is 0 Å². The maximum atomic E-state index is 13.3. The van der Waals surface area contributed by atoms with E-state index in [-0.39, 0.29) is 11.4 Å². The Labute approximate surface area is 211 Å². The van der Waals surface area contributed by atoms with Crippen LogP contribution in [0.1, 0.15) is 53.7 Å². The van der Waals surface area contributed by atoms with Crippen molar-refractivity contribution in [2.24, 2.45) is 5.16 Å². The van der Waals surface area contributed by atoms with E-state index in [1.807, 2.05) is 62.4 Å². The third-order valence-corrected chi connectivity index (χ3v) is 6.40. The van der Waals surface area contributed by atoms with Gasteiger partial charge in [0.05, 0.1) is 11.3 Å². The van der Waals surface area contributed by atoms with Crippen LogP contribution in [0.2, 0.25) is 0 Å². The molecule has 1 aromatic heterocycles. The monoisotopic (exact) mass is 478 g/mol. The van der Waals surface area contributed by atoms with Crippen molar-refractivity contribution in [3.63, 3.8) is 0 Å². The van der Waals surface area contributed by atoms with E-state index in [0.717, 1.165) is 45.9 Å². The van der Waals surface area contributed by atoms with Crippen LogP contribution in [0.5, 0.6) is 0 Å². The lowest BCUT2D eigenvalue weighted by Crippen LogP contribution is -2.06. The minimum atomic E-state index is -0.623. The summed E-state index contributed by atoms with van der Waals surface area (Å²) in [7, 11) is 0. The molecule has 5 nitrogen and oxygen atoms in total. The summed E-state index contributed by atoms with van der Waals surface area (Å²) < 4.78 is 2.24. The number of carbonyl (C=O) groups is 2. The lowest BCUT2D eigenvalue weighted by molar-refractivity contribution is -0.138. The van der Waals surface area contributed by atoms with E-state index in [1.165, 1.54) is 6.08 Å². The van der Waals surface area contributed by atoms with Gasteiger partial charge in [-0.1, -0.05) is 68.1 Å². The molecule has 0 bridgehead atoms. The molecule has 0 saturated carbocycles. The summed E-state index contributed by atoms with van der Waals surface area (Å²) in [6.45, 7) is 14.1. The topological polar surface area (TPSA) is 60.7 Å². The molecule has 3 aromatic carbocycles. The highest BCUT2D eigenvalue weighted by Gasteiger charge is 2.17. The van der Waals surface area contributed by atoms with Crippen molar-refractivity contribution in [2.75, 3.05) is 0 Å². The van der Waals surface area contributed by atoms with Gasteiger partial charge < -0.3 is 9.40 Å². The standard InChI is InChI=1S/C31H30N2O3/c1-6-11-27(32-36-31(35)20(4)7-2)22-14-16-28-25(18-22)26-19-23(15-17-29(26)33(28)8-3)30(34)24-13-10-9-12-21(24)5/h7,9-10,12-19H,2,4,6,8,11H2,1,3,5H3/b32-27+. The van der Waals surface area contributed by atoms with Crippen LogP contribution >= 0.6 is 0 Å². The molecule has 0 aliphatic rings. The zero-order chi connectivity index (χ0) is 25.8. The van der Waals surface area contributed by atoms with E-state index >= 15 is 0 Å². The van der Waals surface area contributed by atoms with Crippen molar-refractivity contribution in [3.05, 3.63) is 108 Å². The first kappa shape index (κ1) is 24.9. The van der Waals surface area contributed by atoms with E-state index in [4.69, 9.17) is 4.84 Å². The predicted octanol–water partition coefficient (Wildman–Crippen LogP) is 7.14. The van der Waals surface area contributed by atoms with Crippen molar-refractivity contribution >= 4 is 39.3 Å². The third kappa shape index (κ3) is 4.65. The van der Waals surface area contributed by atoms with Crippen molar-refractivity contribution in [1.29, 1.82) is 0 Å². The summed E-state index contributed by atoms with van der Waals surface area (Å²) in [5.74, 6) is -0.618. The van der Waals surface area contributed by atoms with E-state index in [1.54, 1.807) is 0 Å². The predicted molar refractivity (Wildman–Crippen MR) is 147 cm³/mol. The van der Waals surface area contributed by atoms with Gasteiger partial charge in [-0.2, -0.15) is 0 Å². The number of hydrogen-bond acceptors (Lipinski definition) is 4. The summed E-state index contributed by atoms with van der Waals surface area (Å²) in [5.41, 5.74) is 6.14. The fourth-order valence-corrected chi connectivity index (χ4v) is 4.47. The van der Waals surface area contributed by atoms with Crippen molar-refractivity contribution in [3.8, 4) is 0 Å². The Morgan fingerprint density at radius 2 is 1.61 bits per heavy atom. The Morgan fingerprint density at radius 1 is 0.972 bits per heavy atom. The smallest absolute Gasteiger partial charge is 0.341 e. The Balaban J connectivity index is 1.84. The number of hydrogen-bond donors (Lipinski definition) is 0. The van der Waals surface area contributed by atoms with Gasteiger partial charge in [0.2, 0.25) is 0 Å². The maximum absolute atomic E-state index is 13.3. The van der Waals surface area contributed by atoms with Crippen LogP contribution in [0, 0.1) is 6.92 Å². The summed E-state index contributed by atoms with van der Waals surface area (Å²) in [6, 6.07) is 19.7. The van der Waals surface area contributed by atoms with E-state index in [0.29, 0.717) is 23.3 Å². The van der Waals surface area contributed by atoms with Crippen LogP contribution in [0.3, 0.4) is 0 Å². The SMILES string of the molecule is C=CC(=C)C(=O)O/N=C(\CCC)c1ccc2c(c1)c1cc(C(=O)c3ccccc3C)ccc1n2CC. The fraction of sp³-hybridized carbons (Fsp3) is 0.194. The molecule has 0 spiro atoms. The van der Waals surface area contributed by atoms with E-state index in [9.17, 15) is 9.59 Å². The molecule has 0 N–H and O–H groups in total. The lowest BCUT2D eigenvalue weighted by atomic mass is 9.97. The number of rotatable bonds is 9. The quantitative estimate of drug-likeness (QED) is 0.0641. The molecule has 182 valence electrons. The van der Waals surface area contributed by atoms with Crippen molar-refractivity contribution in [1.82, 2.24) is 4.57 Å². The Hall–Kier alpha value is -4.25. The number of aryl methyl sites for hydroxylation is 2. The first-order valence-corrected chi connectivity index (χ1v) is 12.2. The average molecular weight is 479 g/mol. The lowest BCUT2D eigenvalue weighted by Gasteiger charge is -2.07. The van der Waals surface area contributed by atoms with Gasteiger partial charge in [-0.15, -0.1) is 0 Å². The Kier molecular flexibility index (Phi) is 7.30. The van der Waals surface area contributed by atoms with Crippen LogP contribution < -0.4 is 0 Å². The molecular formula is C31H30N2O3. The summed E-state index contributed by atoms with van der Waals surface area (Å²) >= 11 is 0. The molecule has 1 heterocycles. The van der Waals surface area contributed by atoms with Gasteiger partial charge in [0.15, 0.2) is 5.78 Å². The second-order valence-corrected chi connectivity index (χ2v) is 8.75. The number of oxime groups is 1. The molecule has 0 aliphatic carbocycles.